The van der Waals surface area contributed by atoms with Crippen molar-refractivity contribution < 1.29 is 2.86 Å². The van der Waals surface area contributed by atoms with E-state index in [4.69, 9.17) is 0 Å². The Kier molecular flexibility index (Phi) is 2.19. The fourth-order valence-corrected chi connectivity index (χ4v) is 0. The SMILES string of the molecule is CI(N)F. The Balaban J connectivity index is 2.32. The van der Waals surface area contributed by atoms with E-state index in [2.05, 4.69) is 3.95 Å². The summed E-state index contributed by atoms with van der Waals surface area (Å²) in [6.45, 7) is 0. The number of alkyl halides is 1. The maximum absolute atomic E-state index is 10.9. The fraction of sp³-hybridized carbons (Fsp3) is 1.00. The molecule has 0 atom stereocenters. The quantitative estimate of drug-likeness (QED) is 0.331. The molecule has 0 spiro atoms. The van der Waals surface area contributed by atoms with Gasteiger partial charge in [0.1, 0.15) is 0 Å². The Labute approximate surface area is 32.9 Å². The molecule has 1 nitrogen and oxygen atoms in total. The van der Waals surface area contributed by atoms with Gasteiger partial charge in [-0.2, -0.15) is 0 Å². The number of halogens is 2. The van der Waals surface area contributed by atoms with Crippen LogP contribution in [0.4, 0.5) is 2.86 Å². The van der Waals surface area contributed by atoms with Gasteiger partial charge in [0, 0.05) is 0 Å². The maximum atomic E-state index is 10.9. The molecule has 0 unspecified atom stereocenters. The minimum atomic E-state index is -2.26. The standard InChI is InChI=1S/CH5FIN/c1-3(2)4/h4H2,1H3. The Morgan fingerprint density at radius 1 is 2.00 bits per heavy atom. The summed E-state index contributed by atoms with van der Waals surface area (Å²) in [5.41, 5.74) is 0. The third-order valence-electron chi connectivity index (χ3n) is 0. The van der Waals surface area contributed by atoms with Crippen molar-refractivity contribution >= 4 is 20.7 Å². The van der Waals surface area contributed by atoms with E-state index in [9.17, 15) is 2.86 Å². The first-order chi connectivity index (χ1) is 1.73. The van der Waals surface area contributed by atoms with Gasteiger partial charge in [-0.3, -0.25) is 0 Å². The summed E-state index contributed by atoms with van der Waals surface area (Å²) < 4.78 is 15.5. The van der Waals surface area contributed by atoms with Crippen LogP contribution in [0.2, 0.25) is 0 Å². The Morgan fingerprint density at radius 2 is 2.00 bits per heavy atom. The zero-order chi connectivity index (χ0) is 3.58. The third-order valence-corrected chi connectivity index (χ3v) is 0. The molecule has 0 aromatic rings. The van der Waals surface area contributed by atoms with Crippen LogP contribution in [0.5, 0.6) is 0 Å². The summed E-state index contributed by atoms with van der Waals surface area (Å²) in [7, 11) is 0. The van der Waals surface area contributed by atoms with Gasteiger partial charge in [-0.25, -0.2) is 0 Å². The van der Waals surface area contributed by atoms with Crippen LogP contribution >= 0.6 is 20.7 Å². The first-order valence-electron chi connectivity index (χ1n) is 0.739. The van der Waals surface area contributed by atoms with Gasteiger partial charge in [0.2, 0.25) is 0 Å². The van der Waals surface area contributed by atoms with E-state index in [1.807, 2.05) is 0 Å². The van der Waals surface area contributed by atoms with Crippen LogP contribution < -0.4 is 3.95 Å². The predicted octanol–water partition coefficient (Wildman–Crippen LogP) is 0.881. The summed E-state index contributed by atoms with van der Waals surface area (Å²) in [4.78, 5) is 1.43. The molecule has 0 saturated carbocycles. The van der Waals surface area contributed by atoms with Crippen molar-refractivity contribution in [2.45, 2.75) is 0 Å². The Hall–Kier alpha value is 0.620. The molecule has 0 fully saturated rings. The second-order valence-electron chi connectivity index (χ2n) is 0.444. The van der Waals surface area contributed by atoms with Gasteiger partial charge in [-0.05, 0) is 0 Å². The molecule has 0 aromatic carbocycles. The molecule has 0 radical (unpaired) electrons. The van der Waals surface area contributed by atoms with Crippen molar-refractivity contribution in [3.8, 4) is 0 Å². The average Bonchev–Trinajstić information content (AvgIpc) is 0.811. The molecule has 0 rings (SSSR count). The second-order valence-corrected chi connectivity index (χ2v) is 2.98. The molecule has 0 amide bonds. The van der Waals surface area contributed by atoms with Crippen LogP contribution in [0.3, 0.4) is 0 Å². The van der Waals surface area contributed by atoms with Gasteiger partial charge >= 0.3 is 32.4 Å². The topological polar surface area (TPSA) is 26.0 Å². The van der Waals surface area contributed by atoms with E-state index >= 15 is 0 Å². The molecule has 3 heteroatoms. The van der Waals surface area contributed by atoms with Gasteiger partial charge in [0.15, 0.2) is 0 Å². The van der Waals surface area contributed by atoms with Crippen LogP contribution in [0.1, 0.15) is 0 Å². The minimum absolute atomic E-state index is 1.43. The van der Waals surface area contributed by atoms with Gasteiger partial charge < -0.3 is 0 Å². The van der Waals surface area contributed by atoms with E-state index in [0.29, 0.717) is 0 Å². The van der Waals surface area contributed by atoms with Crippen LogP contribution in [-0.4, -0.2) is 4.93 Å². The molecule has 28 valence electrons. The molecule has 0 heterocycles. The van der Waals surface area contributed by atoms with Crippen LogP contribution in [0.25, 0.3) is 0 Å². The molecule has 0 aliphatic heterocycles. The van der Waals surface area contributed by atoms with Crippen molar-refractivity contribution in [3.05, 3.63) is 0 Å². The zero-order valence-electron chi connectivity index (χ0n) is 2.33. The normalized spacial score (nSPS) is 11.2. The van der Waals surface area contributed by atoms with Crippen molar-refractivity contribution in [3.63, 3.8) is 0 Å². The molecule has 0 aliphatic rings. The van der Waals surface area contributed by atoms with Gasteiger partial charge in [0.25, 0.3) is 0 Å². The second kappa shape index (κ2) is 1.90. The van der Waals surface area contributed by atoms with Crippen molar-refractivity contribution in [1.82, 2.24) is 0 Å². The third kappa shape index (κ3) is 17.9. The Morgan fingerprint density at radius 3 is 2.00 bits per heavy atom. The zero-order valence-corrected chi connectivity index (χ0v) is 4.49. The molecule has 2 N–H and O–H groups in total. The first-order valence-corrected chi connectivity index (χ1v) is 4.96. The van der Waals surface area contributed by atoms with E-state index in [0.717, 1.165) is 0 Å². The summed E-state index contributed by atoms with van der Waals surface area (Å²) in [6, 6.07) is 0. The van der Waals surface area contributed by atoms with E-state index in [1.54, 1.807) is 0 Å². The van der Waals surface area contributed by atoms with Gasteiger partial charge in [0.05, 0.1) is 0 Å². The van der Waals surface area contributed by atoms with Gasteiger partial charge in [-0.1, -0.05) is 0 Å². The van der Waals surface area contributed by atoms with Crippen molar-refractivity contribution in [1.29, 1.82) is 0 Å². The molecule has 0 aromatic heterocycles. The number of hydrogen-bond acceptors (Lipinski definition) is 1. The summed E-state index contributed by atoms with van der Waals surface area (Å²) in [5.74, 6) is 0. The predicted molar refractivity (Wildman–Crippen MR) is 25.2 cm³/mol. The van der Waals surface area contributed by atoms with E-state index < -0.39 is 20.7 Å². The molecular formula is CH5FIN. The number of rotatable bonds is 0. The van der Waals surface area contributed by atoms with E-state index in [-0.39, 0.29) is 0 Å². The van der Waals surface area contributed by atoms with Crippen LogP contribution in [0.15, 0.2) is 0 Å². The first kappa shape index (κ1) is 4.62. The monoisotopic (exact) mass is 177 g/mol. The number of hydrogen-bond donors (Lipinski definition) is 1. The molecule has 0 bridgehead atoms. The summed E-state index contributed by atoms with van der Waals surface area (Å²) >= 11 is -2.26. The molecule has 0 aliphatic carbocycles. The molecular weight excluding hydrogens is 172 g/mol. The molecule has 0 saturated heterocycles. The molecule has 4 heavy (non-hydrogen) atoms. The fourth-order valence-electron chi connectivity index (χ4n) is 0. The Bertz CT molecular complexity index is 12.8. The number of nitrogens with two attached hydrogens (primary N) is 1. The van der Waals surface area contributed by atoms with E-state index in [1.165, 1.54) is 4.93 Å². The summed E-state index contributed by atoms with van der Waals surface area (Å²) in [6.07, 6.45) is 0. The van der Waals surface area contributed by atoms with Gasteiger partial charge in [-0.15, -0.1) is 0 Å². The van der Waals surface area contributed by atoms with Crippen molar-refractivity contribution in [2.24, 2.45) is 3.95 Å². The van der Waals surface area contributed by atoms with Crippen LogP contribution in [-0.2, 0) is 0 Å². The average molecular weight is 177 g/mol. The van der Waals surface area contributed by atoms with Crippen LogP contribution in [0, 0.1) is 0 Å². The van der Waals surface area contributed by atoms with Crippen molar-refractivity contribution in [2.75, 3.05) is 4.93 Å². The summed E-state index contributed by atoms with van der Waals surface area (Å²) in [5, 5.41) is 0.